The lowest BCUT2D eigenvalue weighted by Crippen LogP contribution is -2.46. The first-order valence-electron chi connectivity index (χ1n) is 9.50. The Kier molecular flexibility index (Phi) is 6.47. The van der Waals surface area contributed by atoms with Crippen molar-refractivity contribution in [1.29, 1.82) is 0 Å². The minimum absolute atomic E-state index is 0.0113. The summed E-state index contributed by atoms with van der Waals surface area (Å²) in [6.07, 6.45) is 1.91. The molecule has 0 radical (unpaired) electrons. The Hall–Kier alpha value is -2.82. The number of nitrogens with zero attached hydrogens (tertiary/aromatic N) is 1. The van der Waals surface area contributed by atoms with Gasteiger partial charge in [0.25, 0.3) is 0 Å². The summed E-state index contributed by atoms with van der Waals surface area (Å²) in [5.74, 6) is 0.720. The van der Waals surface area contributed by atoms with E-state index in [1.54, 1.807) is 4.90 Å². The molecule has 1 aliphatic rings. The minimum Gasteiger partial charge on any atom is -0.494 e. The molecule has 0 saturated carbocycles. The molecule has 2 amide bonds. The zero-order valence-electron chi connectivity index (χ0n) is 15.7. The van der Waals surface area contributed by atoms with Gasteiger partial charge in [-0.25, -0.2) is 0 Å². The molecule has 1 saturated heterocycles. The summed E-state index contributed by atoms with van der Waals surface area (Å²) >= 11 is 0. The topological polar surface area (TPSA) is 58.6 Å². The number of amides is 2. The van der Waals surface area contributed by atoms with Crippen LogP contribution in [0.25, 0.3) is 0 Å². The van der Waals surface area contributed by atoms with E-state index in [2.05, 4.69) is 5.32 Å². The molecule has 1 atom stereocenters. The molecule has 3 rings (SSSR count). The van der Waals surface area contributed by atoms with Crippen molar-refractivity contribution in [3.63, 3.8) is 0 Å². The summed E-state index contributed by atoms with van der Waals surface area (Å²) in [7, 11) is 0. The lowest BCUT2D eigenvalue weighted by atomic mass is 10.1. The van der Waals surface area contributed by atoms with Crippen molar-refractivity contribution in [1.82, 2.24) is 10.2 Å². The van der Waals surface area contributed by atoms with Gasteiger partial charge < -0.3 is 15.0 Å². The van der Waals surface area contributed by atoms with Gasteiger partial charge in [-0.3, -0.25) is 9.59 Å². The summed E-state index contributed by atoms with van der Waals surface area (Å²) in [5.41, 5.74) is 1.95. The van der Waals surface area contributed by atoms with Crippen LogP contribution in [0.5, 0.6) is 5.75 Å². The average Bonchev–Trinajstić information content (AvgIpc) is 3.18. The first-order valence-corrected chi connectivity index (χ1v) is 9.50. The summed E-state index contributed by atoms with van der Waals surface area (Å²) in [6, 6.07) is 17.0. The number of hydrogen-bond acceptors (Lipinski definition) is 3. The van der Waals surface area contributed by atoms with E-state index in [1.165, 1.54) is 0 Å². The molecule has 5 nitrogen and oxygen atoms in total. The number of carbonyl (C=O) groups is 2. The Morgan fingerprint density at radius 1 is 1.11 bits per heavy atom. The molecule has 27 heavy (non-hydrogen) atoms. The Labute approximate surface area is 160 Å². The summed E-state index contributed by atoms with van der Waals surface area (Å²) in [6.45, 7) is 3.62. The number of likely N-dealkylation sites (tertiary alicyclic amines) is 1. The van der Waals surface area contributed by atoms with Crippen molar-refractivity contribution in [2.75, 3.05) is 13.2 Å². The van der Waals surface area contributed by atoms with E-state index in [0.717, 1.165) is 23.3 Å². The molecule has 2 aromatic carbocycles. The molecule has 1 unspecified atom stereocenters. The number of rotatable bonds is 7. The maximum atomic E-state index is 12.7. The van der Waals surface area contributed by atoms with Crippen LogP contribution in [-0.4, -0.2) is 35.9 Å². The van der Waals surface area contributed by atoms with Gasteiger partial charge in [-0.05, 0) is 43.0 Å². The van der Waals surface area contributed by atoms with E-state index >= 15 is 0 Å². The van der Waals surface area contributed by atoms with E-state index in [9.17, 15) is 9.59 Å². The third-order valence-corrected chi connectivity index (χ3v) is 4.75. The van der Waals surface area contributed by atoms with Gasteiger partial charge in [0.2, 0.25) is 11.8 Å². The Morgan fingerprint density at radius 2 is 1.89 bits per heavy atom. The molecule has 1 N–H and O–H groups in total. The van der Waals surface area contributed by atoms with Crippen molar-refractivity contribution >= 4 is 11.8 Å². The Bertz CT molecular complexity index is 776. The average molecular weight is 366 g/mol. The number of ether oxygens (including phenoxy) is 1. The first kappa shape index (κ1) is 19.0. The molecule has 1 fully saturated rings. The van der Waals surface area contributed by atoms with Gasteiger partial charge in [-0.1, -0.05) is 42.5 Å². The maximum Gasteiger partial charge on any atom is 0.243 e. The van der Waals surface area contributed by atoms with Gasteiger partial charge in [0.1, 0.15) is 11.8 Å². The smallest absolute Gasteiger partial charge is 0.243 e. The van der Waals surface area contributed by atoms with E-state index in [4.69, 9.17) is 4.74 Å². The largest absolute Gasteiger partial charge is 0.494 e. The highest BCUT2D eigenvalue weighted by Gasteiger charge is 2.33. The third kappa shape index (κ3) is 5.09. The number of carbonyl (C=O) groups excluding carboxylic acids is 2. The van der Waals surface area contributed by atoms with Gasteiger partial charge in [0, 0.05) is 13.1 Å². The van der Waals surface area contributed by atoms with Crippen LogP contribution >= 0.6 is 0 Å². The second-order valence-electron chi connectivity index (χ2n) is 6.71. The summed E-state index contributed by atoms with van der Waals surface area (Å²) < 4.78 is 5.49. The van der Waals surface area contributed by atoms with Crippen molar-refractivity contribution in [2.45, 2.75) is 38.8 Å². The molecule has 1 heterocycles. The zero-order chi connectivity index (χ0) is 19.1. The van der Waals surface area contributed by atoms with Crippen LogP contribution in [0.4, 0.5) is 0 Å². The quantitative estimate of drug-likeness (QED) is 0.820. The molecule has 0 aliphatic carbocycles. The molecule has 5 heteroatoms. The lowest BCUT2D eigenvalue weighted by molar-refractivity contribution is -0.138. The standard InChI is InChI=1S/C22H26N2O3/c1-2-27-19-11-6-10-18(14-19)16-23-22(26)20-12-7-13-24(20)21(25)15-17-8-4-3-5-9-17/h3-6,8-11,14,20H,2,7,12-13,15-16H2,1H3,(H,23,26). The van der Waals surface area contributed by atoms with Crippen LogP contribution < -0.4 is 10.1 Å². The van der Waals surface area contributed by atoms with Gasteiger partial charge in [0.15, 0.2) is 0 Å². The number of hydrogen-bond donors (Lipinski definition) is 1. The fraction of sp³-hybridized carbons (Fsp3) is 0.364. The maximum absolute atomic E-state index is 12.7. The van der Waals surface area contributed by atoms with Crippen LogP contribution in [0.15, 0.2) is 54.6 Å². The van der Waals surface area contributed by atoms with Crippen LogP contribution in [0.1, 0.15) is 30.9 Å². The van der Waals surface area contributed by atoms with E-state index in [1.807, 2.05) is 61.5 Å². The van der Waals surface area contributed by atoms with Crippen molar-refractivity contribution in [2.24, 2.45) is 0 Å². The van der Waals surface area contributed by atoms with Gasteiger partial charge in [-0.15, -0.1) is 0 Å². The van der Waals surface area contributed by atoms with Gasteiger partial charge in [-0.2, -0.15) is 0 Å². The first-order chi connectivity index (χ1) is 13.2. The highest BCUT2D eigenvalue weighted by atomic mass is 16.5. The summed E-state index contributed by atoms with van der Waals surface area (Å²) in [5, 5.41) is 2.97. The number of nitrogens with one attached hydrogen (secondary N) is 1. The van der Waals surface area contributed by atoms with Gasteiger partial charge >= 0.3 is 0 Å². The normalized spacial score (nSPS) is 16.2. The molecular formula is C22H26N2O3. The molecule has 2 aromatic rings. The summed E-state index contributed by atoms with van der Waals surface area (Å²) in [4.78, 5) is 27.0. The van der Waals surface area contributed by atoms with E-state index in [0.29, 0.717) is 32.5 Å². The minimum atomic E-state index is -0.378. The Balaban J connectivity index is 1.57. The fourth-order valence-electron chi connectivity index (χ4n) is 3.43. The van der Waals surface area contributed by atoms with Crippen LogP contribution in [0.2, 0.25) is 0 Å². The van der Waals surface area contributed by atoms with Crippen molar-refractivity contribution in [3.05, 3.63) is 65.7 Å². The highest BCUT2D eigenvalue weighted by molar-refractivity contribution is 5.89. The molecule has 1 aliphatic heterocycles. The van der Waals surface area contributed by atoms with E-state index < -0.39 is 0 Å². The van der Waals surface area contributed by atoms with Crippen LogP contribution in [0, 0.1) is 0 Å². The van der Waals surface area contributed by atoms with Crippen molar-refractivity contribution < 1.29 is 14.3 Å². The van der Waals surface area contributed by atoms with Crippen LogP contribution in [-0.2, 0) is 22.6 Å². The second kappa shape index (κ2) is 9.21. The second-order valence-corrected chi connectivity index (χ2v) is 6.71. The van der Waals surface area contributed by atoms with E-state index in [-0.39, 0.29) is 17.9 Å². The predicted octanol–water partition coefficient (Wildman–Crippen LogP) is 2.94. The van der Waals surface area contributed by atoms with Crippen LogP contribution in [0.3, 0.4) is 0 Å². The molecule has 142 valence electrons. The zero-order valence-corrected chi connectivity index (χ0v) is 15.7. The monoisotopic (exact) mass is 366 g/mol. The van der Waals surface area contributed by atoms with Crippen molar-refractivity contribution in [3.8, 4) is 5.75 Å². The highest BCUT2D eigenvalue weighted by Crippen LogP contribution is 2.19. The molecule has 0 spiro atoms. The molecular weight excluding hydrogens is 340 g/mol. The SMILES string of the molecule is CCOc1cccc(CNC(=O)C2CCCN2C(=O)Cc2ccccc2)c1. The number of benzene rings is 2. The third-order valence-electron chi connectivity index (χ3n) is 4.75. The molecule has 0 aromatic heterocycles. The molecule has 0 bridgehead atoms. The fourth-order valence-corrected chi connectivity index (χ4v) is 3.43. The van der Waals surface area contributed by atoms with Gasteiger partial charge in [0.05, 0.1) is 13.0 Å². The lowest BCUT2D eigenvalue weighted by Gasteiger charge is -2.24. The Morgan fingerprint density at radius 3 is 2.67 bits per heavy atom. The predicted molar refractivity (Wildman–Crippen MR) is 104 cm³/mol.